The van der Waals surface area contributed by atoms with Crippen LogP contribution < -0.4 is 0 Å². The van der Waals surface area contributed by atoms with Gasteiger partial charge in [-0.2, -0.15) is 0 Å². The van der Waals surface area contributed by atoms with Crippen molar-refractivity contribution in [3.63, 3.8) is 0 Å². The van der Waals surface area contributed by atoms with Gasteiger partial charge in [0, 0.05) is 34.5 Å². The van der Waals surface area contributed by atoms with Gasteiger partial charge < -0.3 is 19.7 Å². The summed E-state index contributed by atoms with van der Waals surface area (Å²) in [4.78, 5) is 0. The number of aliphatic hydroxyl groups is 2. The Hall–Kier alpha value is -0.390. The van der Waals surface area contributed by atoms with Gasteiger partial charge in [0.1, 0.15) is 6.79 Å². The highest BCUT2D eigenvalue weighted by molar-refractivity contribution is 14.1. The molecule has 0 saturated carbocycles. The van der Waals surface area contributed by atoms with Crippen molar-refractivity contribution in [3.05, 3.63) is 21.8 Å². The minimum absolute atomic E-state index is 0.00241. The summed E-state index contributed by atoms with van der Waals surface area (Å²) < 4.78 is 11.8. The lowest BCUT2D eigenvalue weighted by molar-refractivity contribution is -0.0983. The molecule has 2 N–H and O–H groups in total. The molecule has 0 heterocycles. The molecule has 0 amide bonds. The fourth-order valence-corrected chi connectivity index (χ4v) is 4.20. The van der Waals surface area contributed by atoms with Crippen LogP contribution >= 0.6 is 22.6 Å². The maximum atomic E-state index is 10.3. The molecule has 24 heavy (non-hydrogen) atoms. The number of terminal acetylenes is 1. The van der Waals surface area contributed by atoms with Gasteiger partial charge in [-0.1, -0.05) is 31.9 Å². The third kappa shape index (κ3) is 5.30. The molecule has 0 radical (unpaired) electrons. The van der Waals surface area contributed by atoms with E-state index in [9.17, 15) is 10.2 Å². The molecule has 136 valence electrons. The van der Waals surface area contributed by atoms with E-state index in [4.69, 9.17) is 15.9 Å². The van der Waals surface area contributed by atoms with E-state index in [1.807, 2.05) is 39.0 Å². The van der Waals surface area contributed by atoms with Crippen molar-refractivity contribution in [2.24, 2.45) is 23.2 Å². The molecular formula is C19H29IO4. The zero-order valence-electron chi connectivity index (χ0n) is 14.9. The normalized spacial score (nSPS) is 30.2. The van der Waals surface area contributed by atoms with Crippen LogP contribution in [0, 0.1) is 35.5 Å². The van der Waals surface area contributed by atoms with Crippen molar-refractivity contribution in [2.75, 3.05) is 20.5 Å². The predicted octanol–water partition coefficient (Wildman–Crippen LogP) is 3.14. The molecule has 0 aliphatic heterocycles. The van der Waals surface area contributed by atoms with Gasteiger partial charge in [-0.15, -0.1) is 6.42 Å². The van der Waals surface area contributed by atoms with E-state index in [1.54, 1.807) is 7.11 Å². The summed E-state index contributed by atoms with van der Waals surface area (Å²) in [6.07, 6.45) is 11.6. The van der Waals surface area contributed by atoms with Crippen LogP contribution in [0.1, 0.15) is 27.2 Å². The van der Waals surface area contributed by atoms with Gasteiger partial charge in [0.25, 0.3) is 0 Å². The third-order valence-electron chi connectivity index (χ3n) is 4.63. The van der Waals surface area contributed by atoms with E-state index < -0.39 is 11.5 Å². The van der Waals surface area contributed by atoms with Crippen molar-refractivity contribution < 1.29 is 19.7 Å². The second-order valence-corrected chi connectivity index (χ2v) is 8.09. The predicted molar refractivity (Wildman–Crippen MR) is 104 cm³/mol. The highest BCUT2D eigenvalue weighted by atomic mass is 127. The molecule has 1 aliphatic rings. The molecule has 1 aliphatic carbocycles. The Bertz CT molecular complexity index is 494. The smallest absolute Gasteiger partial charge is 0.147 e. The Balaban J connectivity index is 3.23. The molecule has 0 aromatic rings. The second kappa shape index (κ2) is 9.93. The number of aliphatic hydroxyl groups excluding tert-OH is 2. The number of halogens is 1. The number of methoxy groups -OCH3 is 1. The van der Waals surface area contributed by atoms with Crippen LogP contribution in [0.2, 0.25) is 0 Å². The van der Waals surface area contributed by atoms with Crippen LogP contribution in [0.15, 0.2) is 21.8 Å². The lowest BCUT2D eigenvalue weighted by atomic mass is 9.63. The van der Waals surface area contributed by atoms with Crippen molar-refractivity contribution in [3.8, 4) is 12.3 Å². The Labute approximate surface area is 159 Å². The summed E-state index contributed by atoms with van der Waals surface area (Å²) in [5.74, 6) is 2.81. The molecule has 0 bridgehead atoms. The average molecular weight is 448 g/mol. The van der Waals surface area contributed by atoms with E-state index in [2.05, 4.69) is 28.5 Å². The minimum Gasteiger partial charge on any atom is -0.396 e. The van der Waals surface area contributed by atoms with Gasteiger partial charge in [0.05, 0.1) is 12.2 Å². The Morgan fingerprint density at radius 2 is 2.21 bits per heavy atom. The number of rotatable bonds is 8. The highest BCUT2D eigenvalue weighted by Crippen LogP contribution is 2.44. The average Bonchev–Trinajstić information content (AvgIpc) is 2.57. The van der Waals surface area contributed by atoms with Crippen LogP contribution in [0.25, 0.3) is 0 Å². The van der Waals surface area contributed by atoms with Gasteiger partial charge in [0.2, 0.25) is 0 Å². The Morgan fingerprint density at radius 3 is 2.71 bits per heavy atom. The van der Waals surface area contributed by atoms with E-state index in [0.717, 1.165) is 10.0 Å². The molecule has 1 rings (SSSR count). The molecule has 0 spiro atoms. The first-order valence-electron chi connectivity index (χ1n) is 8.21. The van der Waals surface area contributed by atoms with E-state index >= 15 is 0 Å². The van der Waals surface area contributed by atoms with Gasteiger partial charge in [-0.25, -0.2) is 0 Å². The molecule has 0 aromatic carbocycles. The zero-order chi connectivity index (χ0) is 18.3. The van der Waals surface area contributed by atoms with Gasteiger partial charge >= 0.3 is 0 Å². The lowest BCUT2D eigenvalue weighted by Gasteiger charge is -2.43. The maximum Gasteiger partial charge on any atom is 0.147 e. The Kier molecular flexibility index (Phi) is 8.96. The van der Waals surface area contributed by atoms with Crippen molar-refractivity contribution in [1.82, 2.24) is 0 Å². The van der Waals surface area contributed by atoms with Crippen LogP contribution in [0.4, 0.5) is 0 Å². The zero-order valence-corrected chi connectivity index (χ0v) is 17.1. The first-order valence-corrected chi connectivity index (χ1v) is 9.29. The van der Waals surface area contributed by atoms with E-state index in [1.165, 1.54) is 0 Å². The van der Waals surface area contributed by atoms with E-state index in [-0.39, 0.29) is 37.3 Å². The van der Waals surface area contributed by atoms with Gasteiger partial charge in [-0.3, -0.25) is 0 Å². The summed E-state index contributed by atoms with van der Waals surface area (Å²) in [6, 6.07) is 0. The van der Waals surface area contributed by atoms with Crippen molar-refractivity contribution in [2.45, 2.75) is 39.4 Å². The summed E-state index contributed by atoms with van der Waals surface area (Å²) in [6.45, 7) is 6.08. The van der Waals surface area contributed by atoms with Gasteiger partial charge in [0.15, 0.2) is 0 Å². The molecular weight excluding hydrogens is 419 g/mol. The quantitative estimate of drug-likeness (QED) is 0.259. The third-order valence-corrected chi connectivity index (χ3v) is 5.63. The molecule has 0 saturated heterocycles. The minimum atomic E-state index is -0.553. The van der Waals surface area contributed by atoms with Crippen LogP contribution in [-0.4, -0.2) is 42.9 Å². The number of hydrogen-bond acceptors (Lipinski definition) is 4. The molecule has 0 unspecified atom stereocenters. The van der Waals surface area contributed by atoms with Crippen LogP contribution in [0.3, 0.4) is 0 Å². The van der Waals surface area contributed by atoms with Crippen LogP contribution in [-0.2, 0) is 9.47 Å². The molecule has 0 fully saturated rings. The standard InChI is InChI=1S/C19H29IO4/c1-6-19(4)9-7-8-14(11-21)17(19)16(24-12-23-5)10-15(20)18(22)13(2)3/h1,7-8,10,13-14,16-18,21-22H,9,11-12H2,2-5H3/b15-10-/t14-,16-,17-,18-,19+/m1/s1. The van der Waals surface area contributed by atoms with E-state index in [0.29, 0.717) is 0 Å². The number of allylic oxidation sites excluding steroid dienone is 1. The number of hydrogen-bond donors (Lipinski definition) is 2. The molecule has 4 nitrogen and oxygen atoms in total. The topological polar surface area (TPSA) is 58.9 Å². The fourth-order valence-electron chi connectivity index (χ4n) is 3.13. The van der Waals surface area contributed by atoms with Crippen LogP contribution in [0.5, 0.6) is 0 Å². The second-order valence-electron chi connectivity index (χ2n) is 6.84. The SMILES string of the molecule is C#C[C@@]1(C)CC=C[C@H](CO)[C@@H]1[C@@H](/C=C(\I)[C@H](O)C(C)C)OCOC. The largest absolute Gasteiger partial charge is 0.396 e. The van der Waals surface area contributed by atoms with Gasteiger partial charge in [-0.05, 0) is 47.9 Å². The molecule has 5 heteroatoms. The fraction of sp³-hybridized carbons (Fsp3) is 0.684. The summed E-state index contributed by atoms with van der Waals surface area (Å²) in [5.41, 5.74) is -0.434. The first kappa shape index (κ1) is 21.7. The van der Waals surface area contributed by atoms with Crippen molar-refractivity contribution in [1.29, 1.82) is 0 Å². The molecule has 0 aromatic heterocycles. The first-order chi connectivity index (χ1) is 11.3. The molecule has 5 atom stereocenters. The number of ether oxygens (including phenoxy) is 2. The Morgan fingerprint density at radius 1 is 1.54 bits per heavy atom. The highest BCUT2D eigenvalue weighted by Gasteiger charge is 2.43. The summed E-state index contributed by atoms with van der Waals surface area (Å²) >= 11 is 2.15. The monoisotopic (exact) mass is 448 g/mol. The summed E-state index contributed by atoms with van der Waals surface area (Å²) in [5, 5.41) is 20.1. The lowest BCUT2D eigenvalue weighted by Crippen LogP contribution is -2.44. The van der Waals surface area contributed by atoms with Crippen molar-refractivity contribution >= 4 is 22.6 Å². The maximum absolute atomic E-state index is 10.3. The summed E-state index contributed by atoms with van der Waals surface area (Å²) in [7, 11) is 1.57.